The summed E-state index contributed by atoms with van der Waals surface area (Å²) >= 11 is 0. The first-order valence-corrected chi connectivity index (χ1v) is 4.30. The summed E-state index contributed by atoms with van der Waals surface area (Å²) in [5.41, 5.74) is 0.974. The van der Waals surface area contributed by atoms with E-state index in [9.17, 15) is 9.59 Å². The van der Waals surface area contributed by atoms with E-state index in [0.29, 0.717) is 17.8 Å². The smallest absolute Gasteiger partial charge is 0.180 e. The first-order valence-electron chi connectivity index (χ1n) is 4.30. The van der Waals surface area contributed by atoms with Crippen LogP contribution in [0.3, 0.4) is 0 Å². The molecule has 0 aromatic carbocycles. The van der Waals surface area contributed by atoms with E-state index < -0.39 is 0 Å². The number of ketones is 2. The van der Waals surface area contributed by atoms with Gasteiger partial charge in [-0.1, -0.05) is 0 Å². The molecule has 1 aromatic rings. The molecule has 1 aliphatic rings. The minimum Gasteiger partial charge on any atom is -0.293 e. The Bertz CT molecular complexity index is 379. The second-order valence-corrected chi connectivity index (χ2v) is 3.22. The fourth-order valence-electron chi connectivity index (χ4n) is 1.50. The fourth-order valence-corrected chi connectivity index (χ4v) is 1.50. The van der Waals surface area contributed by atoms with Crippen molar-refractivity contribution in [3.63, 3.8) is 0 Å². The van der Waals surface area contributed by atoms with E-state index in [4.69, 9.17) is 0 Å². The predicted molar refractivity (Wildman–Crippen MR) is 45.8 cm³/mol. The molecule has 4 nitrogen and oxygen atoms in total. The molecule has 1 aliphatic heterocycles. The normalized spacial score (nSPS) is 15.6. The largest absolute Gasteiger partial charge is 0.293 e. The third-order valence-electron chi connectivity index (χ3n) is 2.20. The maximum Gasteiger partial charge on any atom is 0.180 e. The lowest BCUT2D eigenvalue weighted by atomic mass is 10.1. The number of hydrogen-bond donors (Lipinski definition) is 0. The second kappa shape index (κ2) is 2.80. The monoisotopic (exact) mass is 178 g/mol. The van der Waals surface area contributed by atoms with Gasteiger partial charge in [0.2, 0.25) is 0 Å². The van der Waals surface area contributed by atoms with Gasteiger partial charge in [-0.25, -0.2) is 0 Å². The molecule has 0 radical (unpaired) electrons. The van der Waals surface area contributed by atoms with Gasteiger partial charge in [-0.05, 0) is 12.5 Å². The highest BCUT2D eigenvalue weighted by molar-refractivity contribution is 5.99. The van der Waals surface area contributed by atoms with E-state index in [1.165, 1.54) is 6.92 Å². The number of carbonyl (C=O) groups is 2. The molecule has 0 saturated carbocycles. The van der Waals surface area contributed by atoms with E-state index in [-0.39, 0.29) is 11.6 Å². The maximum absolute atomic E-state index is 11.3. The highest BCUT2D eigenvalue weighted by atomic mass is 16.1. The third-order valence-corrected chi connectivity index (χ3v) is 2.20. The zero-order valence-corrected chi connectivity index (χ0v) is 7.41. The van der Waals surface area contributed by atoms with Crippen molar-refractivity contribution in [1.29, 1.82) is 0 Å². The molecular formula is C9H10N2O2. The van der Waals surface area contributed by atoms with Crippen LogP contribution in [0.4, 0.5) is 0 Å². The highest BCUT2D eigenvalue weighted by Crippen LogP contribution is 2.15. The molecule has 0 N–H and O–H groups in total. The van der Waals surface area contributed by atoms with Gasteiger partial charge < -0.3 is 0 Å². The molecule has 0 spiro atoms. The van der Waals surface area contributed by atoms with Crippen molar-refractivity contribution in [2.45, 2.75) is 26.3 Å². The Labute approximate surface area is 75.5 Å². The van der Waals surface area contributed by atoms with Gasteiger partial charge in [0, 0.05) is 19.9 Å². The zero-order valence-electron chi connectivity index (χ0n) is 7.41. The van der Waals surface area contributed by atoms with Crippen molar-refractivity contribution >= 4 is 11.6 Å². The minimum atomic E-state index is -0.0882. The first kappa shape index (κ1) is 8.16. The Morgan fingerprint density at radius 2 is 2.38 bits per heavy atom. The molecule has 0 saturated heterocycles. The molecule has 0 bridgehead atoms. The predicted octanol–water partition coefficient (Wildman–Crippen LogP) is 1.06. The standard InChI is InChI=1S/C9H10N2O2/c1-6(12)7-5-8-9(13)3-2-4-11(8)10-7/h5H,2-4H2,1H3. The Hall–Kier alpha value is -1.45. The topological polar surface area (TPSA) is 52.0 Å². The van der Waals surface area contributed by atoms with Gasteiger partial charge in [-0.3, -0.25) is 14.3 Å². The van der Waals surface area contributed by atoms with E-state index in [2.05, 4.69) is 5.10 Å². The van der Waals surface area contributed by atoms with Crippen LogP contribution in [0.25, 0.3) is 0 Å². The number of aromatic nitrogens is 2. The van der Waals surface area contributed by atoms with Crippen molar-refractivity contribution in [2.75, 3.05) is 0 Å². The number of aryl methyl sites for hydroxylation is 1. The summed E-state index contributed by atoms with van der Waals surface area (Å²) in [4.78, 5) is 22.3. The molecule has 4 heteroatoms. The number of Topliss-reactive ketones (excluding diaryl/α,β-unsaturated/α-hetero) is 2. The molecule has 0 atom stereocenters. The zero-order chi connectivity index (χ0) is 9.42. The fraction of sp³-hybridized carbons (Fsp3) is 0.444. The Morgan fingerprint density at radius 1 is 1.62 bits per heavy atom. The van der Waals surface area contributed by atoms with Crippen molar-refractivity contribution in [1.82, 2.24) is 9.78 Å². The summed E-state index contributed by atoms with van der Waals surface area (Å²) in [5.74, 6) is 0.000880. The summed E-state index contributed by atoms with van der Waals surface area (Å²) in [6.07, 6.45) is 1.40. The summed E-state index contributed by atoms with van der Waals surface area (Å²) in [7, 11) is 0. The molecular weight excluding hydrogens is 168 g/mol. The lowest BCUT2D eigenvalue weighted by molar-refractivity contribution is 0.0949. The van der Waals surface area contributed by atoms with Gasteiger partial charge in [0.05, 0.1) is 0 Å². The van der Waals surface area contributed by atoms with Crippen molar-refractivity contribution in [3.8, 4) is 0 Å². The number of nitrogens with zero attached hydrogens (tertiary/aromatic N) is 2. The Kier molecular flexibility index (Phi) is 1.76. The first-order chi connectivity index (χ1) is 6.18. The van der Waals surface area contributed by atoms with Gasteiger partial charge in [-0.15, -0.1) is 0 Å². The molecule has 0 aliphatic carbocycles. The van der Waals surface area contributed by atoms with Gasteiger partial charge >= 0.3 is 0 Å². The van der Waals surface area contributed by atoms with Crippen LogP contribution in [0.1, 0.15) is 40.7 Å². The number of hydrogen-bond acceptors (Lipinski definition) is 3. The van der Waals surface area contributed by atoms with Crippen LogP contribution in [-0.4, -0.2) is 21.3 Å². The molecule has 13 heavy (non-hydrogen) atoms. The number of carbonyl (C=O) groups excluding carboxylic acids is 2. The van der Waals surface area contributed by atoms with E-state index in [1.54, 1.807) is 10.7 Å². The molecule has 0 amide bonds. The molecule has 0 unspecified atom stereocenters. The second-order valence-electron chi connectivity index (χ2n) is 3.22. The highest BCUT2D eigenvalue weighted by Gasteiger charge is 2.20. The van der Waals surface area contributed by atoms with Crippen molar-refractivity contribution in [3.05, 3.63) is 17.5 Å². The minimum absolute atomic E-state index is 0.0882. The van der Waals surface area contributed by atoms with Gasteiger partial charge in [0.15, 0.2) is 11.6 Å². The summed E-state index contributed by atoms with van der Waals surface area (Å²) in [5, 5.41) is 4.05. The van der Waals surface area contributed by atoms with Crippen LogP contribution >= 0.6 is 0 Å². The van der Waals surface area contributed by atoms with Crippen LogP contribution in [0.2, 0.25) is 0 Å². The van der Waals surface area contributed by atoms with Crippen LogP contribution < -0.4 is 0 Å². The lowest BCUT2D eigenvalue weighted by Crippen LogP contribution is -2.17. The average molecular weight is 178 g/mol. The van der Waals surface area contributed by atoms with Crippen LogP contribution in [0.5, 0.6) is 0 Å². The van der Waals surface area contributed by atoms with Crippen molar-refractivity contribution < 1.29 is 9.59 Å². The average Bonchev–Trinajstić information content (AvgIpc) is 2.49. The van der Waals surface area contributed by atoms with Crippen LogP contribution in [0, 0.1) is 0 Å². The maximum atomic E-state index is 11.3. The van der Waals surface area contributed by atoms with Crippen LogP contribution in [0.15, 0.2) is 6.07 Å². The summed E-state index contributed by atoms with van der Waals surface area (Å²) in [6.45, 7) is 2.20. The quantitative estimate of drug-likeness (QED) is 0.604. The Balaban J connectivity index is 2.48. The van der Waals surface area contributed by atoms with Crippen LogP contribution in [-0.2, 0) is 6.54 Å². The van der Waals surface area contributed by atoms with E-state index in [1.807, 2.05) is 0 Å². The SMILES string of the molecule is CC(=O)c1cc2n(n1)CCCC2=O. The van der Waals surface area contributed by atoms with Crippen molar-refractivity contribution in [2.24, 2.45) is 0 Å². The number of fused-ring (bicyclic) bond motifs is 1. The van der Waals surface area contributed by atoms with Gasteiger partial charge in [-0.2, -0.15) is 5.10 Å². The molecule has 2 heterocycles. The molecule has 68 valence electrons. The molecule has 2 rings (SSSR count). The number of rotatable bonds is 1. The molecule has 0 fully saturated rings. The summed E-state index contributed by atoms with van der Waals surface area (Å²) in [6, 6.07) is 1.59. The Morgan fingerprint density at radius 3 is 3.00 bits per heavy atom. The summed E-state index contributed by atoms with van der Waals surface area (Å²) < 4.78 is 1.63. The molecule has 1 aromatic heterocycles. The van der Waals surface area contributed by atoms with Gasteiger partial charge in [0.25, 0.3) is 0 Å². The lowest BCUT2D eigenvalue weighted by Gasteiger charge is -2.10. The van der Waals surface area contributed by atoms with E-state index in [0.717, 1.165) is 13.0 Å². The van der Waals surface area contributed by atoms with E-state index >= 15 is 0 Å². The van der Waals surface area contributed by atoms with Gasteiger partial charge in [0.1, 0.15) is 11.4 Å². The third kappa shape index (κ3) is 1.28.